The first-order valence-corrected chi connectivity index (χ1v) is 8.53. The Hall–Kier alpha value is -0.820. The molecule has 0 aliphatic carbocycles. The van der Waals surface area contributed by atoms with E-state index >= 15 is 0 Å². The molecular formula is C19H33N. The first-order chi connectivity index (χ1) is 9.76. The topological polar surface area (TPSA) is 12.0 Å². The molecule has 0 aliphatic rings. The quantitative estimate of drug-likeness (QED) is 0.585. The third kappa shape index (κ3) is 7.69. The fourth-order valence-electron chi connectivity index (χ4n) is 2.95. The van der Waals surface area contributed by atoms with Gasteiger partial charge in [0.05, 0.1) is 0 Å². The van der Waals surface area contributed by atoms with Gasteiger partial charge in [0.1, 0.15) is 0 Å². The van der Waals surface area contributed by atoms with Crippen molar-refractivity contribution in [3.05, 3.63) is 35.9 Å². The van der Waals surface area contributed by atoms with Gasteiger partial charge in [0, 0.05) is 6.04 Å². The van der Waals surface area contributed by atoms with Crippen LogP contribution in [0.2, 0.25) is 0 Å². The van der Waals surface area contributed by atoms with Crippen LogP contribution in [0.4, 0.5) is 0 Å². The highest BCUT2D eigenvalue weighted by Crippen LogP contribution is 2.16. The molecule has 1 heteroatoms. The summed E-state index contributed by atoms with van der Waals surface area (Å²) < 4.78 is 0. The van der Waals surface area contributed by atoms with E-state index in [-0.39, 0.29) is 0 Å². The average molecular weight is 275 g/mol. The second-order valence-electron chi connectivity index (χ2n) is 6.16. The van der Waals surface area contributed by atoms with E-state index < -0.39 is 0 Å². The average Bonchev–Trinajstić information content (AvgIpc) is 2.46. The summed E-state index contributed by atoms with van der Waals surface area (Å²) in [4.78, 5) is 0. The lowest BCUT2D eigenvalue weighted by atomic mass is 9.93. The molecule has 0 spiro atoms. The minimum atomic E-state index is 0.709. The van der Waals surface area contributed by atoms with E-state index in [2.05, 4.69) is 56.4 Å². The number of benzene rings is 1. The van der Waals surface area contributed by atoms with Crippen LogP contribution in [0.15, 0.2) is 30.3 Å². The predicted octanol–water partition coefficient (Wildman–Crippen LogP) is 5.20. The van der Waals surface area contributed by atoms with E-state index in [0.717, 1.165) is 12.5 Å². The lowest BCUT2D eigenvalue weighted by Gasteiger charge is -2.22. The van der Waals surface area contributed by atoms with Gasteiger partial charge < -0.3 is 5.32 Å². The van der Waals surface area contributed by atoms with Crippen LogP contribution in [0.5, 0.6) is 0 Å². The minimum Gasteiger partial charge on any atom is -0.314 e. The molecule has 0 fully saturated rings. The van der Waals surface area contributed by atoms with Crippen LogP contribution >= 0.6 is 0 Å². The standard InChI is InChI=1S/C19H33N/c1-4-10-17(3)16-19(20-15-5-2)14-9-13-18-11-7-6-8-12-18/h6-8,11-12,17,19-20H,4-5,9-10,13-16H2,1-3H3. The third-order valence-corrected chi connectivity index (χ3v) is 4.01. The summed E-state index contributed by atoms with van der Waals surface area (Å²) >= 11 is 0. The molecule has 1 aromatic carbocycles. The van der Waals surface area contributed by atoms with E-state index in [1.807, 2.05) is 0 Å². The van der Waals surface area contributed by atoms with Crippen molar-refractivity contribution in [2.24, 2.45) is 5.92 Å². The van der Waals surface area contributed by atoms with Crippen molar-refractivity contribution < 1.29 is 0 Å². The molecule has 0 amide bonds. The molecule has 0 aromatic heterocycles. The fourth-order valence-corrected chi connectivity index (χ4v) is 2.95. The number of nitrogens with one attached hydrogen (secondary N) is 1. The first-order valence-electron chi connectivity index (χ1n) is 8.53. The van der Waals surface area contributed by atoms with Gasteiger partial charge in [-0.05, 0) is 50.1 Å². The molecule has 0 aliphatic heterocycles. The smallest absolute Gasteiger partial charge is 0.00697 e. The summed E-state index contributed by atoms with van der Waals surface area (Å²) in [5.74, 6) is 0.853. The van der Waals surface area contributed by atoms with Crippen molar-refractivity contribution >= 4 is 0 Å². The number of hydrogen-bond acceptors (Lipinski definition) is 1. The zero-order valence-corrected chi connectivity index (χ0v) is 13.7. The SMILES string of the molecule is CCCNC(CCCc1ccccc1)CC(C)CCC. The van der Waals surface area contributed by atoms with E-state index in [1.54, 1.807) is 0 Å². The Balaban J connectivity index is 2.31. The van der Waals surface area contributed by atoms with Gasteiger partial charge in [0.2, 0.25) is 0 Å². The zero-order valence-electron chi connectivity index (χ0n) is 13.7. The van der Waals surface area contributed by atoms with Crippen molar-refractivity contribution in [1.29, 1.82) is 0 Å². The predicted molar refractivity (Wildman–Crippen MR) is 90.2 cm³/mol. The Labute approximate surface area is 126 Å². The molecule has 20 heavy (non-hydrogen) atoms. The Morgan fingerprint density at radius 3 is 2.40 bits per heavy atom. The zero-order chi connectivity index (χ0) is 14.6. The van der Waals surface area contributed by atoms with E-state index in [1.165, 1.54) is 50.5 Å². The van der Waals surface area contributed by atoms with Gasteiger partial charge in [-0.3, -0.25) is 0 Å². The molecule has 0 heterocycles. The van der Waals surface area contributed by atoms with Crippen molar-refractivity contribution in [3.63, 3.8) is 0 Å². The van der Waals surface area contributed by atoms with Gasteiger partial charge in [0.25, 0.3) is 0 Å². The minimum absolute atomic E-state index is 0.709. The molecular weight excluding hydrogens is 242 g/mol. The summed E-state index contributed by atoms with van der Waals surface area (Å²) in [5.41, 5.74) is 1.48. The van der Waals surface area contributed by atoms with Gasteiger partial charge in [-0.15, -0.1) is 0 Å². The van der Waals surface area contributed by atoms with E-state index in [4.69, 9.17) is 0 Å². The molecule has 0 bridgehead atoms. The first kappa shape index (κ1) is 17.2. The van der Waals surface area contributed by atoms with E-state index in [9.17, 15) is 0 Å². The number of rotatable bonds is 11. The molecule has 1 aromatic rings. The molecule has 1 rings (SSSR count). The highest BCUT2D eigenvalue weighted by Gasteiger charge is 2.12. The molecule has 1 nitrogen and oxygen atoms in total. The van der Waals surface area contributed by atoms with Crippen molar-refractivity contribution in [1.82, 2.24) is 5.32 Å². The van der Waals surface area contributed by atoms with Gasteiger partial charge in [-0.25, -0.2) is 0 Å². The van der Waals surface area contributed by atoms with Crippen molar-refractivity contribution in [2.75, 3.05) is 6.54 Å². The molecule has 0 saturated heterocycles. The lowest BCUT2D eigenvalue weighted by molar-refractivity contribution is 0.362. The van der Waals surface area contributed by atoms with Crippen LogP contribution in [0.3, 0.4) is 0 Å². The molecule has 0 radical (unpaired) electrons. The van der Waals surface area contributed by atoms with Crippen LogP contribution < -0.4 is 5.32 Å². The fraction of sp³-hybridized carbons (Fsp3) is 0.684. The molecule has 2 unspecified atom stereocenters. The summed E-state index contributed by atoms with van der Waals surface area (Å²) in [5, 5.41) is 3.75. The summed E-state index contributed by atoms with van der Waals surface area (Å²) in [6.07, 6.45) is 9.06. The second-order valence-corrected chi connectivity index (χ2v) is 6.16. The summed E-state index contributed by atoms with van der Waals surface area (Å²) in [6, 6.07) is 11.6. The van der Waals surface area contributed by atoms with Crippen LogP contribution in [0, 0.1) is 5.92 Å². The van der Waals surface area contributed by atoms with Crippen molar-refractivity contribution in [3.8, 4) is 0 Å². The van der Waals surface area contributed by atoms with Crippen LogP contribution in [-0.4, -0.2) is 12.6 Å². The molecule has 1 N–H and O–H groups in total. The molecule has 114 valence electrons. The highest BCUT2D eigenvalue weighted by atomic mass is 14.9. The maximum absolute atomic E-state index is 3.75. The van der Waals surface area contributed by atoms with E-state index in [0.29, 0.717) is 6.04 Å². The third-order valence-electron chi connectivity index (χ3n) is 4.01. The molecule has 2 atom stereocenters. The highest BCUT2D eigenvalue weighted by molar-refractivity contribution is 5.14. The second kappa shape index (κ2) is 10.9. The van der Waals surface area contributed by atoms with Crippen LogP contribution in [0.25, 0.3) is 0 Å². The van der Waals surface area contributed by atoms with Gasteiger partial charge >= 0.3 is 0 Å². The normalized spacial score (nSPS) is 14.2. The number of aryl methyl sites for hydroxylation is 1. The van der Waals surface area contributed by atoms with Crippen LogP contribution in [-0.2, 0) is 6.42 Å². The van der Waals surface area contributed by atoms with Crippen LogP contribution in [0.1, 0.15) is 64.9 Å². The summed E-state index contributed by atoms with van der Waals surface area (Å²) in [6.45, 7) is 8.11. The Bertz CT molecular complexity index is 320. The van der Waals surface area contributed by atoms with Crippen molar-refractivity contribution in [2.45, 2.75) is 71.8 Å². The maximum atomic E-state index is 3.75. The Kier molecular flexibility index (Phi) is 9.40. The maximum Gasteiger partial charge on any atom is 0.00697 e. The van der Waals surface area contributed by atoms with Gasteiger partial charge in [0.15, 0.2) is 0 Å². The lowest BCUT2D eigenvalue weighted by Crippen LogP contribution is -2.31. The Morgan fingerprint density at radius 2 is 1.75 bits per heavy atom. The molecule has 0 saturated carbocycles. The largest absolute Gasteiger partial charge is 0.314 e. The summed E-state index contributed by atoms with van der Waals surface area (Å²) in [7, 11) is 0. The monoisotopic (exact) mass is 275 g/mol. The van der Waals surface area contributed by atoms with Gasteiger partial charge in [-0.1, -0.05) is 63.9 Å². The number of hydrogen-bond donors (Lipinski definition) is 1. The Morgan fingerprint density at radius 1 is 1.00 bits per heavy atom. The van der Waals surface area contributed by atoms with Gasteiger partial charge in [-0.2, -0.15) is 0 Å².